The Hall–Kier alpha value is -1.89. The van der Waals surface area contributed by atoms with Crippen LogP contribution in [-0.4, -0.2) is 58.8 Å². The van der Waals surface area contributed by atoms with E-state index in [0.29, 0.717) is 25.8 Å². The molecule has 0 spiro atoms. The second kappa shape index (κ2) is 19.3. The molecule has 204 valence electrons. The molecule has 0 aliphatic rings. The third-order valence-electron chi connectivity index (χ3n) is 7.37. The lowest BCUT2D eigenvalue weighted by molar-refractivity contribution is -0.935. The molecule has 0 aliphatic heterocycles. The maximum absolute atomic E-state index is 11.9. The molecule has 0 saturated heterocycles. The van der Waals surface area contributed by atoms with Crippen molar-refractivity contribution in [3.63, 3.8) is 0 Å². The van der Waals surface area contributed by atoms with Gasteiger partial charge in [-0.1, -0.05) is 65.4 Å². The van der Waals surface area contributed by atoms with Crippen molar-refractivity contribution >= 4 is 17.9 Å². The molecule has 7 nitrogen and oxygen atoms in total. The van der Waals surface area contributed by atoms with E-state index >= 15 is 0 Å². The number of carbonyl (C=O) groups excluding carboxylic acids is 1. The smallest absolute Gasteiger partial charge is 0.312 e. The average molecular weight is 498 g/mol. The zero-order chi connectivity index (χ0) is 26.7. The quantitative estimate of drug-likeness (QED) is 0.111. The van der Waals surface area contributed by atoms with Crippen molar-refractivity contribution in [2.75, 3.05) is 26.2 Å². The van der Waals surface area contributed by atoms with Gasteiger partial charge in [0, 0.05) is 5.92 Å². The molecule has 0 aromatic carbocycles. The van der Waals surface area contributed by atoms with Gasteiger partial charge in [0.25, 0.3) is 0 Å². The molecule has 3 atom stereocenters. The maximum Gasteiger partial charge on any atom is 0.312 e. The molecule has 0 amide bonds. The molecule has 0 fully saturated rings. The lowest BCUT2D eigenvalue weighted by Gasteiger charge is -2.44. The highest BCUT2D eigenvalue weighted by atomic mass is 16.4. The van der Waals surface area contributed by atoms with E-state index in [1.165, 1.54) is 32.1 Å². The number of unbranched alkanes of at least 4 members (excludes halogenated alkanes) is 9. The van der Waals surface area contributed by atoms with Gasteiger partial charge in [-0.15, -0.1) is 6.58 Å². The second-order valence-corrected chi connectivity index (χ2v) is 10.2. The normalized spacial score (nSPS) is 15.6. The van der Waals surface area contributed by atoms with Crippen molar-refractivity contribution in [3.05, 3.63) is 12.7 Å². The van der Waals surface area contributed by atoms with Gasteiger partial charge in [0.1, 0.15) is 11.8 Å². The van der Waals surface area contributed by atoms with Crippen LogP contribution in [0.15, 0.2) is 12.7 Å². The van der Waals surface area contributed by atoms with E-state index in [2.05, 4.69) is 6.58 Å². The summed E-state index contributed by atoms with van der Waals surface area (Å²) in [5, 5.41) is 31.3. The summed E-state index contributed by atoms with van der Waals surface area (Å²) in [5.74, 6) is -4.97. The Morgan fingerprint density at radius 2 is 1.09 bits per heavy atom. The number of nitrogens with zero attached hydrogens (tertiary/aromatic N) is 1. The number of allylic oxidation sites excluding steroid dienone is 1. The Balaban J connectivity index is 5.30. The minimum atomic E-state index is -1.14. The standard InChI is InChI=1S/C28H51NO6/c1-5-9-10-11-12-13-14-15-16-17-18-19-29(20-23(6-2)26(30)31,21-24(7-3)27(32)33)22-25(8-4)28(34)35/h5,23-25H,1,6-22H2,2-4H3,(H2-,30,31,32,33,34,35). The highest BCUT2D eigenvalue weighted by Crippen LogP contribution is 2.25. The minimum absolute atomic E-state index is 0.214. The molecule has 0 rings (SSSR count). The number of aliphatic carboxylic acids is 3. The molecule has 0 saturated carbocycles. The molecule has 0 bridgehead atoms. The van der Waals surface area contributed by atoms with Gasteiger partial charge in [-0.05, 0) is 44.9 Å². The summed E-state index contributed by atoms with van der Waals surface area (Å²) >= 11 is 0. The zero-order valence-electron chi connectivity index (χ0n) is 22.5. The Labute approximate surface area is 213 Å². The van der Waals surface area contributed by atoms with E-state index in [4.69, 9.17) is 0 Å². The summed E-state index contributed by atoms with van der Waals surface area (Å²) in [4.78, 5) is 35.6. The Morgan fingerprint density at radius 1 is 0.714 bits per heavy atom. The van der Waals surface area contributed by atoms with Gasteiger partial charge >= 0.3 is 11.9 Å². The van der Waals surface area contributed by atoms with Gasteiger partial charge in [0.15, 0.2) is 0 Å². The molecule has 7 heteroatoms. The number of carboxylic acids is 3. The van der Waals surface area contributed by atoms with Crippen LogP contribution in [0.3, 0.4) is 0 Å². The number of rotatable bonds is 24. The topological polar surface area (TPSA) is 115 Å². The van der Waals surface area contributed by atoms with E-state index in [0.717, 1.165) is 32.1 Å². The van der Waals surface area contributed by atoms with Crippen LogP contribution in [0.25, 0.3) is 0 Å². The first kappa shape index (κ1) is 33.1. The lowest BCUT2D eigenvalue weighted by Crippen LogP contribution is -2.59. The van der Waals surface area contributed by atoms with Crippen LogP contribution in [-0.2, 0) is 14.4 Å². The first-order valence-corrected chi connectivity index (χ1v) is 13.8. The van der Waals surface area contributed by atoms with Crippen LogP contribution >= 0.6 is 0 Å². The third-order valence-corrected chi connectivity index (χ3v) is 7.37. The summed E-state index contributed by atoms with van der Waals surface area (Å²) in [6.07, 6.45) is 14.4. The monoisotopic (exact) mass is 497 g/mol. The average Bonchev–Trinajstić information content (AvgIpc) is 2.82. The van der Waals surface area contributed by atoms with Crippen LogP contribution in [0.4, 0.5) is 0 Å². The Kier molecular flexibility index (Phi) is 18.3. The number of carboxylic acid groups (broad SMARTS) is 3. The van der Waals surface area contributed by atoms with Crippen molar-refractivity contribution in [1.82, 2.24) is 0 Å². The van der Waals surface area contributed by atoms with Gasteiger partial charge in [0.2, 0.25) is 0 Å². The fourth-order valence-corrected chi connectivity index (χ4v) is 5.01. The van der Waals surface area contributed by atoms with Crippen LogP contribution < -0.4 is 5.11 Å². The molecule has 0 aliphatic carbocycles. The minimum Gasteiger partial charge on any atom is -0.550 e. The van der Waals surface area contributed by atoms with Gasteiger partial charge in [-0.25, -0.2) is 0 Å². The highest BCUT2D eigenvalue weighted by molar-refractivity contribution is 5.70. The number of quaternary nitrogens is 1. The summed E-state index contributed by atoms with van der Waals surface area (Å²) < 4.78 is 0.214. The van der Waals surface area contributed by atoms with Crippen molar-refractivity contribution in [2.24, 2.45) is 17.8 Å². The van der Waals surface area contributed by atoms with Gasteiger partial charge in [-0.2, -0.15) is 0 Å². The zero-order valence-corrected chi connectivity index (χ0v) is 22.5. The lowest BCUT2D eigenvalue weighted by atomic mass is 9.95. The first-order valence-electron chi connectivity index (χ1n) is 13.8. The largest absolute Gasteiger partial charge is 0.550 e. The third kappa shape index (κ3) is 14.3. The predicted octanol–water partition coefficient (Wildman–Crippen LogP) is 4.89. The fraction of sp³-hybridized carbons (Fsp3) is 0.821. The van der Waals surface area contributed by atoms with E-state index in [1.54, 1.807) is 6.92 Å². The molecule has 0 aromatic rings. The molecular formula is C28H51NO6. The highest BCUT2D eigenvalue weighted by Gasteiger charge is 2.39. The Morgan fingerprint density at radius 3 is 1.43 bits per heavy atom. The van der Waals surface area contributed by atoms with Gasteiger partial charge in [-0.3, -0.25) is 9.59 Å². The van der Waals surface area contributed by atoms with Crippen LogP contribution in [0, 0.1) is 17.8 Å². The predicted molar refractivity (Wildman–Crippen MR) is 138 cm³/mol. The van der Waals surface area contributed by atoms with E-state index in [-0.39, 0.29) is 24.1 Å². The second-order valence-electron chi connectivity index (χ2n) is 10.2. The van der Waals surface area contributed by atoms with Crippen molar-refractivity contribution in [1.29, 1.82) is 0 Å². The van der Waals surface area contributed by atoms with E-state index in [1.807, 2.05) is 19.9 Å². The Bertz CT molecular complexity index is 561. The molecule has 35 heavy (non-hydrogen) atoms. The summed E-state index contributed by atoms with van der Waals surface area (Å²) in [6, 6.07) is 0. The summed E-state index contributed by atoms with van der Waals surface area (Å²) in [7, 11) is 0. The van der Waals surface area contributed by atoms with Crippen molar-refractivity contribution in [3.8, 4) is 0 Å². The molecule has 2 N–H and O–H groups in total. The number of carbonyl (C=O) groups is 3. The van der Waals surface area contributed by atoms with Crippen molar-refractivity contribution in [2.45, 2.75) is 104 Å². The van der Waals surface area contributed by atoms with Crippen LogP contribution in [0.2, 0.25) is 0 Å². The van der Waals surface area contributed by atoms with Gasteiger partial charge < -0.3 is 24.6 Å². The molecule has 0 radical (unpaired) electrons. The van der Waals surface area contributed by atoms with Crippen LogP contribution in [0.5, 0.6) is 0 Å². The molecular weight excluding hydrogens is 446 g/mol. The molecule has 0 aromatic heterocycles. The number of hydrogen-bond donors (Lipinski definition) is 2. The summed E-state index contributed by atoms with van der Waals surface area (Å²) in [5.41, 5.74) is 0. The van der Waals surface area contributed by atoms with Gasteiger partial charge in [0.05, 0.1) is 32.1 Å². The van der Waals surface area contributed by atoms with Crippen LogP contribution in [0.1, 0.15) is 104 Å². The maximum atomic E-state index is 11.9. The summed E-state index contributed by atoms with van der Waals surface area (Å²) in [6.45, 7) is 10.5. The van der Waals surface area contributed by atoms with E-state index in [9.17, 15) is 29.7 Å². The first-order chi connectivity index (χ1) is 16.7. The van der Waals surface area contributed by atoms with Crippen molar-refractivity contribution < 1.29 is 34.2 Å². The molecule has 3 unspecified atom stereocenters. The van der Waals surface area contributed by atoms with E-state index < -0.39 is 35.7 Å². The SMILES string of the molecule is C=CCCCCCCCCCCC[N+](CC(CC)C(=O)[O-])(CC(CC)C(=O)O)CC(CC)C(=O)O. The number of hydrogen-bond acceptors (Lipinski definition) is 4. The molecule has 0 heterocycles. The fourth-order valence-electron chi connectivity index (χ4n) is 5.01.